The lowest BCUT2D eigenvalue weighted by Crippen LogP contribution is -2.54. The number of nitrogens with one attached hydrogen (secondary N) is 1. The van der Waals surface area contributed by atoms with Crippen LogP contribution in [0, 0.1) is 0 Å². The molecule has 2 atom stereocenters. The quantitative estimate of drug-likeness (QED) is 0.475. The third-order valence-corrected chi connectivity index (χ3v) is 7.21. The Morgan fingerprint density at radius 1 is 1.23 bits per heavy atom. The second-order valence-electron chi connectivity index (χ2n) is 7.95. The van der Waals surface area contributed by atoms with Crippen LogP contribution in [-0.2, 0) is 20.7 Å². The van der Waals surface area contributed by atoms with Crippen molar-refractivity contribution >= 4 is 29.7 Å². The number of nitrogens with zero attached hydrogens (tertiary/aromatic N) is 1. The Hall–Kier alpha value is -1.79. The highest BCUT2D eigenvalue weighted by atomic mass is 32.2. The molecular formula is C24H34N2O3S. The second-order valence-corrected chi connectivity index (χ2v) is 9.23. The zero-order valence-corrected chi connectivity index (χ0v) is 19.0. The van der Waals surface area contributed by atoms with Crippen LogP contribution < -0.4 is 5.32 Å². The van der Waals surface area contributed by atoms with E-state index in [9.17, 15) is 9.59 Å². The molecule has 5 nitrogen and oxygen atoms in total. The van der Waals surface area contributed by atoms with Crippen LogP contribution in [0.4, 0.5) is 0 Å². The van der Waals surface area contributed by atoms with Crippen LogP contribution in [0.3, 0.4) is 0 Å². The average Bonchev–Trinajstić information content (AvgIpc) is 2.77. The molecule has 1 saturated heterocycles. The van der Waals surface area contributed by atoms with Gasteiger partial charge in [-0.25, -0.2) is 0 Å². The number of fused-ring (bicyclic) bond motifs is 1. The van der Waals surface area contributed by atoms with Gasteiger partial charge in [-0.3, -0.25) is 9.59 Å². The molecule has 1 aliphatic carbocycles. The first kappa shape index (κ1) is 22.9. The first-order valence-electron chi connectivity index (χ1n) is 11.2. The molecule has 0 aromatic heterocycles. The molecule has 1 aliphatic heterocycles. The number of hydrogen-bond acceptors (Lipinski definition) is 4. The Bertz CT molecular complexity index is 747. The lowest BCUT2D eigenvalue weighted by atomic mass is 9.93. The Kier molecular flexibility index (Phi) is 8.82. The number of rotatable bonds is 9. The minimum Gasteiger partial charge on any atom is -0.382 e. The van der Waals surface area contributed by atoms with E-state index in [2.05, 4.69) is 36.5 Å². The maximum Gasteiger partial charge on any atom is 0.261 e. The Balaban J connectivity index is 1.68. The van der Waals surface area contributed by atoms with Crippen molar-refractivity contribution < 1.29 is 14.3 Å². The molecule has 164 valence electrons. The number of benzene rings is 1. The predicted molar refractivity (Wildman–Crippen MR) is 123 cm³/mol. The van der Waals surface area contributed by atoms with Crippen molar-refractivity contribution in [3.8, 4) is 0 Å². The third kappa shape index (κ3) is 6.11. The third-order valence-electron chi connectivity index (χ3n) is 5.81. The van der Waals surface area contributed by atoms with Gasteiger partial charge in [-0.2, -0.15) is 0 Å². The first-order chi connectivity index (χ1) is 14.6. The molecule has 0 bridgehead atoms. The molecule has 2 fully saturated rings. The van der Waals surface area contributed by atoms with Crippen molar-refractivity contribution in [1.82, 2.24) is 10.2 Å². The summed E-state index contributed by atoms with van der Waals surface area (Å²) in [6.07, 6.45) is 8.18. The van der Waals surface area contributed by atoms with Gasteiger partial charge in [-0.05, 0) is 49.8 Å². The van der Waals surface area contributed by atoms with Gasteiger partial charge in [0.1, 0.15) is 6.54 Å². The standard InChI is InChI=1S/C24H34N2O3S/c1-3-18-10-12-19(13-11-18)16-22-24(28)26(20-8-5-6-9-21(20)30-22)17-23(27)25-14-7-15-29-4-2/h10-13,16,20-21H,3-9,14-15,17H2,1-2H3,(H,25,27)/b22-16+. The molecule has 2 unspecified atom stereocenters. The highest BCUT2D eigenvalue weighted by molar-refractivity contribution is 8.04. The van der Waals surface area contributed by atoms with Crippen LogP contribution in [-0.4, -0.2) is 54.3 Å². The van der Waals surface area contributed by atoms with Gasteiger partial charge < -0.3 is 15.0 Å². The van der Waals surface area contributed by atoms with Crippen LogP contribution in [0.25, 0.3) is 6.08 Å². The summed E-state index contributed by atoms with van der Waals surface area (Å²) in [5.74, 6) is -0.0881. The summed E-state index contributed by atoms with van der Waals surface area (Å²) in [4.78, 5) is 28.4. The number of carbonyl (C=O) groups is 2. The van der Waals surface area contributed by atoms with Gasteiger partial charge in [0.25, 0.3) is 5.91 Å². The molecular weight excluding hydrogens is 396 g/mol. The van der Waals surface area contributed by atoms with Crippen molar-refractivity contribution in [1.29, 1.82) is 0 Å². The van der Waals surface area contributed by atoms with E-state index < -0.39 is 0 Å². The van der Waals surface area contributed by atoms with Crippen LogP contribution in [0.1, 0.15) is 57.1 Å². The van der Waals surface area contributed by atoms with E-state index in [1.165, 1.54) is 12.0 Å². The molecule has 6 heteroatoms. The number of ether oxygens (including phenoxy) is 1. The van der Waals surface area contributed by atoms with Crippen LogP contribution in [0.5, 0.6) is 0 Å². The van der Waals surface area contributed by atoms with Crippen LogP contribution >= 0.6 is 11.8 Å². The lowest BCUT2D eigenvalue weighted by Gasteiger charge is -2.43. The lowest BCUT2D eigenvalue weighted by molar-refractivity contribution is -0.135. The van der Waals surface area contributed by atoms with Gasteiger partial charge >= 0.3 is 0 Å². The highest BCUT2D eigenvalue weighted by Gasteiger charge is 2.41. The van der Waals surface area contributed by atoms with Gasteiger partial charge in [0.2, 0.25) is 5.91 Å². The van der Waals surface area contributed by atoms with E-state index in [0.717, 1.165) is 42.6 Å². The Labute approximate surface area is 184 Å². The molecule has 2 amide bonds. The summed E-state index contributed by atoms with van der Waals surface area (Å²) >= 11 is 1.71. The number of thioether (sulfide) groups is 1. The van der Waals surface area contributed by atoms with Crippen LogP contribution in [0.15, 0.2) is 29.2 Å². The maximum atomic E-state index is 13.3. The first-order valence-corrected chi connectivity index (χ1v) is 12.1. The molecule has 0 radical (unpaired) electrons. The van der Waals surface area contributed by atoms with E-state index in [1.54, 1.807) is 11.8 Å². The monoisotopic (exact) mass is 430 g/mol. The molecule has 3 rings (SSSR count). The van der Waals surface area contributed by atoms with Gasteiger partial charge in [-0.1, -0.05) is 44.0 Å². The molecule has 1 N–H and O–H groups in total. The molecule has 1 heterocycles. The van der Waals surface area contributed by atoms with Gasteiger partial charge in [0.05, 0.1) is 4.91 Å². The molecule has 2 aliphatic rings. The smallest absolute Gasteiger partial charge is 0.261 e. The second kappa shape index (κ2) is 11.6. The maximum absolute atomic E-state index is 13.3. The topological polar surface area (TPSA) is 58.6 Å². The zero-order chi connectivity index (χ0) is 21.3. The van der Waals surface area contributed by atoms with Gasteiger partial charge in [0, 0.05) is 31.1 Å². The minimum absolute atomic E-state index is 0.00724. The molecule has 30 heavy (non-hydrogen) atoms. The van der Waals surface area contributed by atoms with Crippen molar-refractivity contribution in [3.05, 3.63) is 40.3 Å². The average molecular weight is 431 g/mol. The summed E-state index contributed by atoms with van der Waals surface area (Å²) in [6.45, 7) is 6.15. The molecule has 1 aromatic rings. The fourth-order valence-electron chi connectivity index (χ4n) is 4.12. The number of amides is 2. The number of aryl methyl sites for hydroxylation is 1. The van der Waals surface area contributed by atoms with Crippen molar-refractivity contribution in [2.45, 2.75) is 63.7 Å². The number of hydrogen-bond donors (Lipinski definition) is 1. The van der Waals surface area contributed by atoms with E-state index in [4.69, 9.17) is 4.74 Å². The predicted octanol–water partition coefficient (Wildman–Crippen LogP) is 4.02. The SMILES string of the molecule is CCOCCCNC(=O)CN1C(=O)/C(=C\c2ccc(CC)cc2)SC2CCCCC21. The zero-order valence-electron chi connectivity index (χ0n) is 18.2. The largest absolute Gasteiger partial charge is 0.382 e. The summed E-state index contributed by atoms with van der Waals surface area (Å²) < 4.78 is 5.31. The van der Waals surface area contributed by atoms with E-state index in [-0.39, 0.29) is 24.4 Å². The fourth-order valence-corrected chi connectivity index (χ4v) is 5.59. The van der Waals surface area contributed by atoms with Crippen molar-refractivity contribution in [2.24, 2.45) is 0 Å². The van der Waals surface area contributed by atoms with Gasteiger partial charge in [-0.15, -0.1) is 11.8 Å². The van der Waals surface area contributed by atoms with Crippen LogP contribution in [0.2, 0.25) is 0 Å². The molecule has 0 spiro atoms. The molecule has 1 aromatic carbocycles. The highest BCUT2D eigenvalue weighted by Crippen LogP contribution is 2.42. The fraction of sp³-hybridized carbons (Fsp3) is 0.583. The Morgan fingerprint density at radius 2 is 2.00 bits per heavy atom. The van der Waals surface area contributed by atoms with Crippen molar-refractivity contribution in [2.75, 3.05) is 26.3 Å². The van der Waals surface area contributed by atoms with Gasteiger partial charge in [0.15, 0.2) is 0 Å². The van der Waals surface area contributed by atoms with E-state index in [0.29, 0.717) is 25.0 Å². The summed E-state index contributed by atoms with van der Waals surface area (Å²) in [6, 6.07) is 8.53. The Morgan fingerprint density at radius 3 is 2.73 bits per heavy atom. The van der Waals surface area contributed by atoms with E-state index >= 15 is 0 Å². The van der Waals surface area contributed by atoms with Crippen molar-refractivity contribution in [3.63, 3.8) is 0 Å². The summed E-state index contributed by atoms with van der Waals surface area (Å²) in [5.41, 5.74) is 2.33. The normalized spacial score (nSPS) is 22.8. The summed E-state index contributed by atoms with van der Waals surface area (Å²) in [7, 11) is 0. The minimum atomic E-state index is -0.0808. The number of carbonyl (C=O) groups excluding carboxylic acids is 2. The van der Waals surface area contributed by atoms with E-state index in [1.807, 2.05) is 17.9 Å². The molecule has 1 saturated carbocycles. The summed E-state index contributed by atoms with van der Waals surface area (Å²) in [5, 5.41) is 3.32.